The molecule has 2 aliphatic carbocycles. The third-order valence-electron chi connectivity index (χ3n) is 9.99. The Morgan fingerprint density at radius 2 is 1.10 bits per heavy atom. The van der Waals surface area contributed by atoms with Crippen LogP contribution < -0.4 is 49.6 Å². The summed E-state index contributed by atoms with van der Waals surface area (Å²) in [6.45, 7) is 15.8. The van der Waals surface area contributed by atoms with Crippen molar-refractivity contribution < 1.29 is 102 Å². The van der Waals surface area contributed by atoms with Crippen molar-refractivity contribution in [2.45, 2.75) is 52.2 Å². The molecule has 0 saturated heterocycles. The summed E-state index contributed by atoms with van der Waals surface area (Å²) in [5.74, 6) is 1.17. The zero-order valence-corrected chi connectivity index (χ0v) is 48.4. The van der Waals surface area contributed by atoms with Gasteiger partial charge in [-0.2, -0.15) is 12.1 Å². The molecule has 0 aromatic heterocycles. The first kappa shape index (κ1) is 59.4. The summed E-state index contributed by atoms with van der Waals surface area (Å²) in [6, 6.07) is 43.1. The third-order valence-corrected chi connectivity index (χ3v) is 14.3. The van der Waals surface area contributed by atoms with Gasteiger partial charge in [0.05, 0.1) is 0 Å². The van der Waals surface area contributed by atoms with Crippen molar-refractivity contribution in [1.29, 1.82) is 0 Å². The van der Waals surface area contributed by atoms with Crippen molar-refractivity contribution >= 4 is 73.2 Å². The topological polar surface area (TPSA) is 0 Å². The van der Waals surface area contributed by atoms with Gasteiger partial charge >= 0.3 is 52.4 Å². The number of benzene rings is 4. The van der Waals surface area contributed by atoms with Crippen molar-refractivity contribution in [2.75, 3.05) is 5.75 Å². The minimum atomic E-state index is -0.222. The summed E-state index contributed by atoms with van der Waals surface area (Å²) in [5.41, 5.74) is 18.5. The van der Waals surface area contributed by atoms with Gasteiger partial charge in [-0.05, 0) is 58.6 Å². The second-order valence-corrected chi connectivity index (χ2v) is 22.8. The monoisotopic (exact) mass is 1130 g/mol. The maximum absolute atomic E-state index is 2.50. The number of fused-ring (bicyclic) bond motifs is 4. The van der Waals surface area contributed by atoms with Crippen molar-refractivity contribution in [3.8, 4) is 22.3 Å². The second-order valence-electron chi connectivity index (χ2n) is 15.6. The summed E-state index contributed by atoms with van der Waals surface area (Å²) >= 11 is 3.95. The Bertz CT molecular complexity index is 2560. The number of thioether (sulfide) groups is 2. The van der Waals surface area contributed by atoms with E-state index in [0.29, 0.717) is 5.25 Å². The number of allylic oxidation sites excluding steroid dienone is 8. The molecule has 10 rings (SSSR count). The zero-order valence-electron chi connectivity index (χ0n) is 36.8. The molecule has 10 heteroatoms. The van der Waals surface area contributed by atoms with Gasteiger partial charge in [-0.25, -0.2) is 0 Å². The van der Waals surface area contributed by atoms with Crippen LogP contribution in [0.2, 0.25) is 26.2 Å². The van der Waals surface area contributed by atoms with E-state index in [1.54, 1.807) is 0 Å². The quantitative estimate of drug-likeness (QED) is 0.197. The first-order valence-corrected chi connectivity index (χ1v) is 26.9. The van der Waals surface area contributed by atoms with Gasteiger partial charge in [0, 0.05) is 37.6 Å². The number of hydrogen-bond acceptors (Lipinski definition) is 2. The summed E-state index contributed by atoms with van der Waals surface area (Å²) in [6.07, 6.45) is 13.9. The average Bonchev–Trinajstić information content (AvgIpc) is 4.04. The molecule has 0 N–H and O–H groups in total. The fourth-order valence-corrected chi connectivity index (χ4v) is 12.3. The van der Waals surface area contributed by atoms with Gasteiger partial charge in [0.15, 0.2) is 0 Å². The van der Waals surface area contributed by atoms with Crippen molar-refractivity contribution in [1.82, 2.24) is 0 Å². The first-order chi connectivity index (χ1) is 27.6. The molecule has 0 radical (unpaired) electrons. The summed E-state index contributed by atoms with van der Waals surface area (Å²) in [4.78, 5) is 2.95. The summed E-state index contributed by atoms with van der Waals surface area (Å²) < 4.78 is 0. The number of halogens is 4. The molecule has 63 heavy (non-hydrogen) atoms. The number of aryl methyl sites for hydroxylation is 2. The predicted octanol–water partition coefficient (Wildman–Crippen LogP) is 2.71. The average molecular weight is 1130 g/mol. The van der Waals surface area contributed by atoms with Crippen molar-refractivity contribution in [2.24, 2.45) is 0 Å². The zero-order chi connectivity index (χ0) is 39.9. The molecule has 1 atom stereocenters. The summed E-state index contributed by atoms with van der Waals surface area (Å²) in [7, 11) is -0.422. The van der Waals surface area contributed by atoms with Gasteiger partial charge in [-0.3, -0.25) is 0 Å². The van der Waals surface area contributed by atoms with E-state index in [9.17, 15) is 0 Å². The van der Waals surface area contributed by atoms with Crippen LogP contribution in [0.1, 0.15) is 18.1 Å². The normalized spacial score (nSPS) is 14.4. The van der Waals surface area contributed by atoms with Gasteiger partial charge in [0.2, 0.25) is 0 Å². The molecular weight excluding hydrogens is 1080 g/mol. The Hall–Kier alpha value is -1.66. The molecule has 0 spiro atoms. The largest absolute Gasteiger partial charge is 4.00 e. The first-order valence-electron chi connectivity index (χ1n) is 19.9. The van der Waals surface area contributed by atoms with E-state index in [0.717, 1.165) is 0 Å². The Labute approximate surface area is 451 Å². The minimum Gasteiger partial charge on any atom is -1.00 e. The van der Waals surface area contributed by atoms with Crippen LogP contribution in [0.4, 0.5) is 0 Å². The van der Waals surface area contributed by atoms with Crippen LogP contribution in [-0.2, 0) is 52.4 Å². The maximum Gasteiger partial charge on any atom is 4.00 e. The van der Waals surface area contributed by atoms with E-state index >= 15 is 0 Å². The van der Waals surface area contributed by atoms with Gasteiger partial charge in [0.1, 0.15) is 0 Å². The molecule has 0 bridgehead atoms. The van der Waals surface area contributed by atoms with Crippen LogP contribution in [0.25, 0.3) is 43.8 Å². The van der Waals surface area contributed by atoms with Gasteiger partial charge in [-0.15, -0.1) is 92.6 Å². The Morgan fingerprint density at radius 3 is 1.56 bits per heavy atom. The molecule has 0 saturated carbocycles. The molecule has 0 amide bonds. The molecule has 2 aliphatic heterocycles. The van der Waals surface area contributed by atoms with E-state index in [1.165, 1.54) is 92.8 Å². The fraction of sp³-hybridized carbons (Fsp3) is 0.170. The smallest absolute Gasteiger partial charge is 1.00 e. The molecule has 6 aromatic rings. The van der Waals surface area contributed by atoms with Gasteiger partial charge in [0.25, 0.3) is 0 Å². The van der Waals surface area contributed by atoms with Crippen LogP contribution in [-0.4, -0.2) is 39.2 Å². The SMILES string of the molecule is CC1=CC2=CC(C=[Si](C)C)SC2=C1.C[Si](C)=CC1=CC2=CCSC2=C1.Cc1cc2c(-c3ccccc3)cccc2[cH-]1.Cc1cc2c(-c3ccccc3)cccc2[cH-]1.[Cl-].[Cl-].[Cl-].[Cl-].[Zr+4].[Zr+4]. The Balaban J connectivity index is 0.000000410. The predicted molar refractivity (Wildman–Crippen MR) is 265 cm³/mol. The van der Waals surface area contributed by atoms with Gasteiger partial charge < -0.3 is 49.6 Å². The molecule has 4 aliphatic rings. The van der Waals surface area contributed by atoms with Crippen LogP contribution >= 0.6 is 23.5 Å². The number of hydrogen-bond donors (Lipinski definition) is 0. The Kier molecular flexibility index (Phi) is 26.9. The maximum atomic E-state index is 2.50. The summed E-state index contributed by atoms with van der Waals surface area (Å²) in [5, 5.41) is 6.02. The minimum absolute atomic E-state index is 0. The van der Waals surface area contributed by atoms with E-state index < -0.39 is 0 Å². The third kappa shape index (κ3) is 16.3. The van der Waals surface area contributed by atoms with E-state index in [1.807, 2.05) is 23.5 Å². The Morgan fingerprint density at radius 1 is 0.571 bits per heavy atom. The molecule has 318 valence electrons. The molecular formula is C53H52Cl4S2Si2Zr2+2. The van der Waals surface area contributed by atoms with E-state index in [2.05, 4.69) is 216 Å². The fourth-order valence-electron chi connectivity index (χ4n) is 7.61. The molecule has 2 heterocycles. The second kappa shape index (κ2) is 28.5. The van der Waals surface area contributed by atoms with Crippen LogP contribution in [0.5, 0.6) is 0 Å². The van der Waals surface area contributed by atoms with Crippen LogP contribution in [0.15, 0.2) is 190 Å². The van der Waals surface area contributed by atoms with E-state index in [-0.39, 0.29) is 119 Å². The molecule has 6 aromatic carbocycles. The van der Waals surface area contributed by atoms with Crippen LogP contribution in [0.3, 0.4) is 0 Å². The molecule has 1 unspecified atom stereocenters. The molecule has 0 fully saturated rings. The van der Waals surface area contributed by atoms with Crippen LogP contribution in [0, 0.1) is 13.8 Å². The van der Waals surface area contributed by atoms with E-state index in [4.69, 9.17) is 0 Å². The van der Waals surface area contributed by atoms with Crippen molar-refractivity contribution in [3.63, 3.8) is 0 Å². The van der Waals surface area contributed by atoms with Gasteiger partial charge in [-0.1, -0.05) is 154 Å². The standard InChI is InChI=1S/2C16H13.C11H14SSi.C10H12SSi.4ClH.2Zr/c2*1-12-10-14-8-5-9-15(16(14)11-12)13-6-3-2-4-7-13;1-8-4-9-6-10(7-13(2)3)12-11(9)5-8;1-12(2)7-8-5-9-3-4-11-10(9)6-8;;;;;;/h2*2-11H,1H3;4-7,10H,1-3H3;3,5-7H,4H2,1-2H3;4*1H;;/q2*-1;;;;;;;2*+4/p-4. The number of rotatable bonds is 4. The molecule has 0 nitrogen and oxygen atoms in total. The van der Waals surface area contributed by atoms with Crippen molar-refractivity contribution in [3.05, 3.63) is 201 Å².